The zero-order chi connectivity index (χ0) is 12.5. The minimum Gasteiger partial charge on any atom is -0.407 e. The van der Waals surface area contributed by atoms with E-state index in [1.54, 1.807) is 0 Å². The number of rotatable bonds is 8. The van der Waals surface area contributed by atoms with E-state index in [2.05, 4.69) is 33.1 Å². The van der Waals surface area contributed by atoms with Gasteiger partial charge in [0.2, 0.25) is 5.89 Å². The number of urea groups is 1. The molecule has 0 aliphatic heterocycles. The molecule has 1 heterocycles. The van der Waals surface area contributed by atoms with Crippen molar-refractivity contribution in [3.05, 3.63) is 5.89 Å². The first-order chi connectivity index (χ1) is 8.22. The number of amides is 2. The number of hydrogen-bond donors (Lipinski definition) is 4. The molecule has 2 amide bonds. The van der Waals surface area contributed by atoms with Crippen LogP contribution in [0.4, 0.5) is 10.8 Å². The van der Waals surface area contributed by atoms with Crippen molar-refractivity contribution in [2.45, 2.75) is 19.9 Å². The Morgan fingerprint density at radius 2 is 2.18 bits per heavy atom. The summed E-state index contributed by atoms with van der Waals surface area (Å²) in [6, 6.07) is -0.216. The smallest absolute Gasteiger partial charge is 0.315 e. The SMILES string of the molecule is CCCNCc1nnc(NCCNC(N)=O)o1. The van der Waals surface area contributed by atoms with E-state index in [9.17, 15) is 4.79 Å². The lowest BCUT2D eigenvalue weighted by Crippen LogP contribution is -2.33. The van der Waals surface area contributed by atoms with Crippen LogP contribution in [-0.4, -0.2) is 35.9 Å². The Hall–Kier alpha value is -1.83. The number of aromatic nitrogens is 2. The Morgan fingerprint density at radius 3 is 2.88 bits per heavy atom. The van der Waals surface area contributed by atoms with E-state index >= 15 is 0 Å². The summed E-state index contributed by atoms with van der Waals surface area (Å²) < 4.78 is 5.30. The molecule has 17 heavy (non-hydrogen) atoms. The third-order valence-corrected chi connectivity index (χ3v) is 1.87. The van der Waals surface area contributed by atoms with Gasteiger partial charge in [-0.3, -0.25) is 0 Å². The monoisotopic (exact) mass is 242 g/mol. The van der Waals surface area contributed by atoms with Crippen LogP contribution < -0.4 is 21.7 Å². The van der Waals surface area contributed by atoms with Gasteiger partial charge in [-0.15, -0.1) is 5.10 Å². The molecule has 0 saturated heterocycles. The molecule has 0 radical (unpaired) electrons. The summed E-state index contributed by atoms with van der Waals surface area (Å²) in [6.07, 6.45) is 1.05. The summed E-state index contributed by atoms with van der Waals surface area (Å²) in [5.74, 6) is 0.531. The van der Waals surface area contributed by atoms with E-state index in [1.165, 1.54) is 0 Å². The highest BCUT2D eigenvalue weighted by atomic mass is 16.4. The average Bonchev–Trinajstić information content (AvgIpc) is 2.73. The number of carbonyl (C=O) groups is 1. The molecule has 8 heteroatoms. The summed E-state index contributed by atoms with van der Waals surface area (Å²) in [5.41, 5.74) is 4.91. The maximum absolute atomic E-state index is 10.4. The second-order valence-corrected chi connectivity index (χ2v) is 3.40. The van der Waals surface area contributed by atoms with E-state index in [0.717, 1.165) is 13.0 Å². The molecule has 1 rings (SSSR count). The Bertz CT molecular complexity index is 340. The Balaban J connectivity index is 2.18. The summed E-state index contributed by atoms with van der Waals surface area (Å²) in [5, 5.41) is 16.1. The zero-order valence-corrected chi connectivity index (χ0v) is 9.82. The predicted octanol–water partition coefficient (Wildman–Crippen LogP) is -0.351. The number of nitrogens with one attached hydrogen (secondary N) is 3. The molecule has 0 unspecified atom stereocenters. The van der Waals surface area contributed by atoms with Gasteiger partial charge in [0, 0.05) is 13.1 Å². The minimum atomic E-state index is -0.554. The number of carbonyl (C=O) groups excluding carboxylic acids is 1. The van der Waals surface area contributed by atoms with E-state index in [1.807, 2.05) is 0 Å². The second-order valence-electron chi connectivity index (χ2n) is 3.40. The molecule has 0 aromatic carbocycles. The molecule has 0 saturated carbocycles. The van der Waals surface area contributed by atoms with Gasteiger partial charge < -0.3 is 26.1 Å². The molecule has 0 atom stereocenters. The molecule has 0 fully saturated rings. The number of primary amides is 1. The molecular formula is C9H18N6O2. The Kier molecular flexibility index (Phi) is 5.80. The van der Waals surface area contributed by atoms with Gasteiger partial charge in [-0.05, 0) is 13.0 Å². The zero-order valence-electron chi connectivity index (χ0n) is 9.82. The van der Waals surface area contributed by atoms with Gasteiger partial charge in [0.15, 0.2) is 0 Å². The van der Waals surface area contributed by atoms with Crippen molar-refractivity contribution < 1.29 is 9.21 Å². The molecule has 5 N–H and O–H groups in total. The average molecular weight is 242 g/mol. The van der Waals surface area contributed by atoms with Gasteiger partial charge in [-0.2, -0.15) is 0 Å². The first kappa shape index (κ1) is 13.2. The van der Waals surface area contributed by atoms with Crippen molar-refractivity contribution >= 4 is 12.0 Å². The summed E-state index contributed by atoms with van der Waals surface area (Å²) >= 11 is 0. The molecule has 1 aromatic rings. The third kappa shape index (κ3) is 5.71. The maximum Gasteiger partial charge on any atom is 0.315 e. The fourth-order valence-corrected chi connectivity index (χ4v) is 1.12. The second kappa shape index (κ2) is 7.44. The highest BCUT2D eigenvalue weighted by Gasteiger charge is 2.04. The first-order valence-corrected chi connectivity index (χ1v) is 5.52. The minimum absolute atomic E-state index is 0.338. The maximum atomic E-state index is 10.4. The molecule has 0 aliphatic carbocycles. The van der Waals surface area contributed by atoms with Crippen LogP contribution in [0.2, 0.25) is 0 Å². The van der Waals surface area contributed by atoms with Crippen LogP contribution in [0.15, 0.2) is 4.42 Å². The number of nitrogens with two attached hydrogens (primary N) is 1. The molecule has 0 bridgehead atoms. The van der Waals surface area contributed by atoms with Crippen molar-refractivity contribution in [1.82, 2.24) is 20.8 Å². The van der Waals surface area contributed by atoms with Crippen LogP contribution in [0.1, 0.15) is 19.2 Å². The van der Waals surface area contributed by atoms with Gasteiger partial charge in [0.25, 0.3) is 0 Å². The van der Waals surface area contributed by atoms with Crippen molar-refractivity contribution in [3.8, 4) is 0 Å². The fraction of sp³-hybridized carbons (Fsp3) is 0.667. The molecule has 8 nitrogen and oxygen atoms in total. The quantitative estimate of drug-likeness (QED) is 0.463. The topological polar surface area (TPSA) is 118 Å². The lowest BCUT2D eigenvalue weighted by Gasteiger charge is -2.01. The van der Waals surface area contributed by atoms with Crippen molar-refractivity contribution in [2.75, 3.05) is 25.0 Å². The number of nitrogens with zero attached hydrogens (tertiary/aromatic N) is 2. The lowest BCUT2D eigenvalue weighted by molar-refractivity contribution is 0.249. The van der Waals surface area contributed by atoms with Gasteiger partial charge in [0.1, 0.15) is 0 Å². The van der Waals surface area contributed by atoms with Gasteiger partial charge >= 0.3 is 12.0 Å². The van der Waals surface area contributed by atoms with Crippen molar-refractivity contribution in [2.24, 2.45) is 5.73 Å². The highest BCUT2D eigenvalue weighted by molar-refractivity contribution is 5.71. The summed E-state index contributed by atoms with van der Waals surface area (Å²) in [7, 11) is 0. The summed E-state index contributed by atoms with van der Waals surface area (Å²) in [4.78, 5) is 10.4. The molecule has 1 aromatic heterocycles. The van der Waals surface area contributed by atoms with Gasteiger partial charge in [-0.25, -0.2) is 4.79 Å². The largest absolute Gasteiger partial charge is 0.407 e. The normalized spacial score (nSPS) is 10.2. The van der Waals surface area contributed by atoms with Crippen LogP contribution in [-0.2, 0) is 6.54 Å². The molecule has 96 valence electrons. The van der Waals surface area contributed by atoms with Crippen LogP contribution in [0, 0.1) is 0 Å². The standard InChI is InChI=1S/C9H18N6O2/c1-2-3-11-6-7-14-15-9(17-7)13-5-4-12-8(10)16/h11H,2-6H2,1H3,(H,13,15)(H3,10,12,16). The fourth-order valence-electron chi connectivity index (χ4n) is 1.12. The van der Waals surface area contributed by atoms with Crippen LogP contribution >= 0.6 is 0 Å². The van der Waals surface area contributed by atoms with E-state index in [-0.39, 0.29) is 0 Å². The first-order valence-electron chi connectivity index (χ1n) is 5.52. The number of anilines is 1. The van der Waals surface area contributed by atoms with Crippen LogP contribution in [0.25, 0.3) is 0 Å². The van der Waals surface area contributed by atoms with E-state index < -0.39 is 6.03 Å². The molecular weight excluding hydrogens is 224 g/mol. The molecule has 0 spiro atoms. The van der Waals surface area contributed by atoms with Crippen LogP contribution in [0.5, 0.6) is 0 Å². The molecule has 0 aliphatic rings. The van der Waals surface area contributed by atoms with Crippen LogP contribution in [0.3, 0.4) is 0 Å². The van der Waals surface area contributed by atoms with Gasteiger partial charge in [0.05, 0.1) is 6.54 Å². The predicted molar refractivity (Wildman–Crippen MR) is 62.4 cm³/mol. The van der Waals surface area contributed by atoms with Crippen molar-refractivity contribution in [1.29, 1.82) is 0 Å². The Morgan fingerprint density at radius 1 is 1.35 bits per heavy atom. The summed E-state index contributed by atoms with van der Waals surface area (Å²) in [6.45, 7) is 4.43. The Labute approximate surface area is 99.3 Å². The number of hydrogen-bond acceptors (Lipinski definition) is 6. The third-order valence-electron chi connectivity index (χ3n) is 1.87. The highest BCUT2D eigenvalue weighted by Crippen LogP contribution is 2.03. The van der Waals surface area contributed by atoms with E-state index in [4.69, 9.17) is 10.2 Å². The lowest BCUT2D eigenvalue weighted by atomic mass is 10.5. The van der Waals surface area contributed by atoms with Crippen molar-refractivity contribution in [3.63, 3.8) is 0 Å². The van der Waals surface area contributed by atoms with E-state index in [0.29, 0.717) is 31.5 Å². The van der Waals surface area contributed by atoms with Gasteiger partial charge in [-0.1, -0.05) is 12.0 Å².